The molecule has 98 valence electrons. The number of benzene rings is 2. The molecule has 0 radical (unpaired) electrons. The average Bonchev–Trinajstić information content (AvgIpc) is 2.89. The number of aliphatic hydroxyl groups excluding tert-OH is 1. The van der Waals surface area contributed by atoms with Gasteiger partial charge in [-0.05, 0) is 23.8 Å². The van der Waals surface area contributed by atoms with E-state index in [2.05, 4.69) is 0 Å². The first kappa shape index (κ1) is 12.8. The topological polar surface area (TPSA) is 29.5 Å². The molecule has 1 atom stereocenters. The van der Waals surface area contributed by atoms with Crippen molar-refractivity contribution < 1.29 is 9.84 Å². The molecule has 19 heavy (non-hydrogen) atoms. The van der Waals surface area contributed by atoms with E-state index in [1.807, 2.05) is 18.2 Å². The van der Waals surface area contributed by atoms with Crippen LogP contribution >= 0.6 is 23.2 Å². The van der Waals surface area contributed by atoms with Crippen LogP contribution in [0.1, 0.15) is 22.8 Å². The lowest BCUT2D eigenvalue weighted by Crippen LogP contribution is -2.03. The van der Waals surface area contributed by atoms with E-state index in [1.54, 1.807) is 18.2 Å². The molecular formula is C15H12Cl2O2. The zero-order chi connectivity index (χ0) is 13.4. The van der Waals surface area contributed by atoms with Crippen molar-refractivity contribution >= 4 is 23.2 Å². The van der Waals surface area contributed by atoms with Gasteiger partial charge in [0, 0.05) is 27.6 Å². The molecule has 1 aliphatic rings. The molecule has 2 nitrogen and oxygen atoms in total. The first-order valence-corrected chi connectivity index (χ1v) is 6.80. The minimum atomic E-state index is -0.834. The van der Waals surface area contributed by atoms with E-state index in [4.69, 9.17) is 27.9 Å². The lowest BCUT2D eigenvalue weighted by Gasteiger charge is -2.16. The van der Waals surface area contributed by atoms with Gasteiger partial charge in [0.05, 0.1) is 6.61 Å². The number of hydrogen-bond acceptors (Lipinski definition) is 2. The zero-order valence-electron chi connectivity index (χ0n) is 10.1. The summed E-state index contributed by atoms with van der Waals surface area (Å²) in [6.45, 7) is 0.655. The van der Waals surface area contributed by atoms with E-state index in [0.29, 0.717) is 22.2 Å². The van der Waals surface area contributed by atoms with Crippen LogP contribution in [0.15, 0.2) is 36.4 Å². The van der Waals surface area contributed by atoms with Crippen LogP contribution in [0.4, 0.5) is 0 Å². The normalized spacial score (nSPS) is 14.9. The number of halogens is 2. The van der Waals surface area contributed by atoms with Crippen molar-refractivity contribution in [2.75, 3.05) is 6.61 Å². The van der Waals surface area contributed by atoms with E-state index >= 15 is 0 Å². The Hall–Kier alpha value is -1.22. The fourth-order valence-electron chi connectivity index (χ4n) is 2.35. The predicted molar refractivity (Wildman–Crippen MR) is 76.2 cm³/mol. The number of hydrogen-bond donors (Lipinski definition) is 1. The van der Waals surface area contributed by atoms with Crippen LogP contribution in [-0.2, 0) is 6.42 Å². The fraction of sp³-hybridized carbons (Fsp3) is 0.200. The van der Waals surface area contributed by atoms with Crippen molar-refractivity contribution in [3.05, 3.63) is 63.1 Å². The SMILES string of the molecule is OC(c1cc(Cl)ccc1Cl)c1cccc2c1OCC2. The average molecular weight is 295 g/mol. The second-order valence-corrected chi connectivity index (χ2v) is 5.35. The molecule has 0 aromatic heterocycles. The highest BCUT2D eigenvalue weighted by atomic mass is 35.5. The molecular weight excluding hydrogens is 283 g/mol. The standard InChI is InChI=1S/C15H12Cl2O2/c16-10-4-5-13(17)12(8-10)14(18)11-3-1-2-9-6-7-19-15(9)11/h1-5,8,14,18H,6-7H2. The number of rotatable bonds is 2. The van der Waals surface area contributed by atoms with Crippen LogP contribution < -0.4 is 4.74 Å². The summed E-state index contributed by atoms with van der Waals surface area (Å²) in [5.74, 6) is 0.769. The summed E-state index contributed by atoms with van der Waals surface area (Å²) in [5.41, 5.74) is 2.45. The second-order valence-electron chi connectivity index (χ2n) is 4.50. The minimum absolute atomic E-state index is 0.493. The first-order valence-electron chi connectivity index (χ1n) is 6.04. The molecule has 0 fully saturated rings. The largest absolute Gasteiger partial charge is 0.493 e. The van der Waals surface area contributed by atoms with Crippen molar-refractivity contribution in [2.45, 2.75) is 12.5 Å². The maximum Gasteiger partial charge on any atom is 0.128 e. The monoisotopic (exact) mass is 294 g/mol. The summed E-state index contributed by atoms with van der Waals surface area (Å²) in [6.07, 6.45) is 0.0402. The predicted octanol–water partition coefficient (Wildman–Crippen LogP) is 4.01. The molecule has 2 aromatic rings. The van der Waals surface area contributed by atoms with Crippen LogP contribution in [0.5, 0.6) is 5.75 Å². The molecule has 0 spiro atoms. The number of ether oxygens (including phenoxy) is 1. The maximum atomic E-state index is 10.5. The van der Waals surface area contributed by atoms with Crippen molar-refractivity contribution in [2.24, 2.45) is 0 Å². The molecule has 3 rings (SSSR count). The molecule has 1 N–H and O–H groups in total. The maximum absolute atomic E-state index is 10.5. The molecule has 0 saturated heterocycles. The summed E-state index contributed by atoms with van der Waals surface area (Å²) >= 11 is 12.1. The van der Waals surface area contributed by atoms with Crippen LogP contribution in [-0.4, -0.2) is 11.7 Å². The summed E-state index contributed by atoms with van der Waals surface area (Å²) in [5, 5.41) is 11.6. The van der Waals surface area contributed by atoms with Crippen molar-refractivity contribution in [1.82, 2.24) is 0 Å². The molecule has 0 saturated carbocycles. The van der Waals surface area contributed by atoms with E-state index in [-0.39, 0.29) is 0 Å². The van der Waals surface area contributed by atoms with Crippen LogP contribution in [0, 0.1) is 0 Å². The van der Waals surface area contributed by atoms with Gasteiger partial charge in [0.1, 0.15) is 11.9 Å². The van der Waals surface area contributed by atoms with Gasteiger partial charge in [-0.1, -0.05) is 41.4 Å². The van der Waals surface area contributed by atoms with Crippen LogP contribution in [0.2, 0.25) is 10.0 Å². The summed E-state index contributed by atoms with van der Waals surface area (Å²) < 4.78 is 5.61. The van der Waals surface area contributed by atoms with E-state index in [1.165, 1.54) is 0 Å². The van der Waals surface area contributed by atoms with Gasteiger partial charge >= 0.3 is 0 Å². The quantitative estimate of drug-likeness (QED) is 0.907. The number of fused-ring (bicyclic) bond motifs is 1. The Balaban J connectivity index is 2.07. The molecule has 1 unspecified atom stereocenters. The first-order chi connectivity index (χ1) is 9.16. The molecule has 0 amide bonds. The van der Waals surface area contributed by atoms with Gasteiger partial charge in [0.25, 0.3) is 0 Å². The van der Waals surface area contributed by atoms with Crippen LogP contribution in [0.3, 0.4) is 0 Å². The third-order valence-corrected chi connectivity index (χ3v) is 3.87. The Labute approximate surface area is 121 Å². The van der Waals surface area contributed by atoms with Crippen molar-refractivity contribution in [3.63, 3.8) is 0 Å². The highest BCUT2D eigenvalue weighted by molar-refractivity contribution is 6.33. The van der Waals surface area contributed by atoms with Crippen molar-refractivity contribution in [1.29, 1.82) is 0 Å². The third kappa shape index (κ3) is 2.32. The number of para-hydroxylation sites is 1. The summed E-state index contributed by atoms with van der Waals surface area (Å²) in [4.78, 5) is 0. The summed E-state index contributed by atoms with van der Waals surface area (Å²) in [6, 6.07) is 10.9. The van der Waals surface area contributed by atoms with Gasteiger partial charge in [0.2, 0.25) is 0 Å². The van der Waals surface area contributed by atoms with Gasteiger partial charge in [-0.25, -0.2) is 0 Å². The van der Waals surface area contributed by atoms with Gasteiger partial charge in [-0.15, -0.1) is 0 Å². The van der Waals surface area contributed by atoms with Gasteiger partial charge in [-0.2, -0.15) is 0 Å². The number of aliphatic hydroxyl groups is 1. The molecule has 2 aromatic carbocycles. The Morgan fingerprint density at radius 1 is 1.11 bits per heavy atom. The fourth-order valence-corrected chi connectivity index (χ4v) is 2.75. The highest BCUT2D eigenvalue weighted by Gasteiger charge is 2.23. The Morgan fingerprint density at radius 3 is 2.79 bits per heavy atom. The van der Waals surface area contributed by atoms with E-state index in [0.717, 1.165) is 23.3 Å². The van der Waals surface area contributed by atoms with Gasteiger partial charge in [0.15, 0.2) is 0 Å². The Bertz CT molecular complexity index is 626. The third-order valence-electron chi connectivity index (χ3n) is 3.29. The summed E-state index contributed by atoms with van der Waals surface area (Å²) in [7, 11) is 0. The van der Waals surface area contributed by atoms with E-state index < -0.39 is 6.10 Å². The highest BCUT2D eigenvalue weighted by Crippen LogP contribution is 2.38. The van der Waals surface area contributed by atoms with Crippen LogP contribution in [0.25, 0.3) is 0 Å². The lowest BCUT2D eigenvalue weighted by molar-refractivity contribution is 0.214. The molecule has 1 aliphatic heterocycles. The minimum Gasteiger partial charge on any atom is -0.493 e. The molecule has 0 bridgehead atoms. The molecule has 1 heterocycles. The molecule has 0 aliphatic carbocycles. The second kappa shape index (κ2) is 5.04. The smallest absolute Gasteiger partial charge is 0.128 e. The Morgan fingerprint density at radius 2 is 1.95 bits per heavy atom. The Kier molecular flexibility index (Phi) is 3.40. The lowest BCUT2D eigenvalue weighted by atomic mass is 9.98. The van der Waals surface area contributed by atoms with Crippen molar-refractivity contribution in [3.8, 4) is 5.75 Å². The molecule has 4 heteroatoms. The zero-order valence-corrected chi connectivity index (χ0v) is 11.6. The van der Waals surface area contributed by atoms with Gasteiger partial charge in [-0.3, -0.25) is 0 Å². The van der Waals surface area contributed by atoms with E-state index in [9.17, 15) is 5.11 Å². The van der Waals surface area contributed by atoms with Gasteiger partial charge < -0.3 is 9.84 Å².